The molecule has 3 heteroatoms. The lowest BCUT2D eigenvalue weighted by Gasteiger charge is -2.26. The number of anilines is 2. The van der Waals surface area contributed by atoms with E-state index in [-0.39, 0.29) is 0 Å². The van der Waals surface area contributed by atoms with Gasteiger partial charge in [-0.2, -0.15) is 0 Å². The maximum atomic E-state index is 5.71. The lowest BCUT2D eigenvalue weighted by atomic mass is 10.1. The third-order valence-electron chi connectivity index (χ3n) is 2.53. The second kappa shape index (κ2) is 3.70. The van der Waals surface area contributed by atoms with E-state index < -0.39 is 0 Å². The van der Waals surface area contributed by atoms with Gasteiger partial charge in [-0.25, -0.2) is 4.98 Å². The highest BCUT2D eigenvalue weighted by molar-refractivity contribution is 5.51. The zero-order valence-electron chi connectivity index (χ0n) is 8.40. The summed E-state index contributed by atoms with van der Waals surface area (Å²) in [7, 11) is 0. The second-order valence-corrected chi connectivity index (χ2v) is 3.69. The Balaban J connectivity index is 2.16. The van der Waals surface area contributed by atoms with Crippen molar-refractivity contribution >= 4 is 11.5 Å². The van der Waals surface area contributed by atoms with Crippen LogP contribution >= 0.6 is 0 Å². The molecule has 0 spiro atoms. The molecule has 0 fully saturated rings. The second-order valence-electron chi connectivity index (χ2n) is 3.69. The Labute approximate surface area is 84.2 Å². The van der Waals surface area contributed by atoms with Gasteiger partial charge in [0.1, 0.15) is 5.82 Å². The predicted octanol–water partition coefficient (Wildman–Crippen LogP) is 1.82. The van der Waals surface area contributed by atoms with Crippen molar-refractivity contribution in [3.8, 4) is 0 Å². The quantitative estimate of drug-likeness (QED) is 0.685. The van der Waals surface area contributed by atoms with Gasteiger partial charge in [0, 0.05) is 31.0 Å². The molecule has 0 atom stereocenters. The Hall–Kier alpha value is -1.51. The maximum Gasteiger partial charge on any atom is 0.130 e. The molecule has 2 rings (SSSR count). The van der Waals surface area contributed by atoms with Gasteiger partial charge < -0.3 is 10.6 Å². The summed E-state index contributed by atoms with van der Waals surface area (Å²) in [6.45, 7) is 4.16. The van der Waals surface area contributed by atoms with Crippen molar-refractivity contribution in [2.45, 2.75) is 13.3 Å². The topological polar surface area (TPSA) is 42.1 Å². The molecule has 0 saturated heterocycles. The number of hydrogen-bond donors (Lipinski definition) is 1. The molecule has 14 heavy (non-hydrogen) atoms. The minimum atomic E-state index is 0.779. The van der Waals surface area contributed by atoms with Gasteiger partial charge in [0.15, 0.2) is 0 Å². The van der Waals surface area contributed by atoms with Crippen LogP contribution in [-0.2, 0) is 0 Å². The Bertz CT molecular complexity index is 357. The van der Waals surface area contributed by atoms with Crippen LogP contribution in [0.2, 0.25) is 0 Å². The first kappa shape index (κ1) is 9.06. The number of pyridine rings is 1. The van der Waals surface area contributed by atoms with E-state index in [9.17, 15) is 0 Å². The lowest BCUT2D eigenvalue weighted by molar-refractivity contribution is 0.776. The van der Waals surface area contributed by atoms with E-state index in [0.717, 1.165) is 31.0 Å². The Morgan fingerprint density at radius 3 is 3.00 bits per heavy atom. The molecule has 0 aromatic carbocycles. The van der Waals surface area contributed by atoms with Crippen molar-refractivity contribution in [2.24, 2.45) is 0 Å². The van der Waals surface area contributed by atoms with Crippen LogP contribution < -0.4 is 10.6 Å². The molecule has 2 heterocycles. The van der Waals surface area contributed by atoms with E-state index in [1.807, 2.05) is 12.1 Å². The van der Waals surface area contributed by atoms with Crippen LogP contribution in [0.15, 0.2) is 30.0 Å². The van der Waals surface area contributed by atoms with Crippen LogP contribution in [0.25, 0.3) is 0 Å². The summed E-state index contributed by atoms with van der Waals surface area (Å²) in [6, 6.07) is 3.74. The van der Waals surface area contributed by atoms with Crippen LogP contribution in [-0.4, -0.2) is 18.1 Å². The molecule has 0 saturated carbocycles. The van der Waals surface area contributed by atoms with Crippen molar-refractivity contribution in [2.75, 3.05) is 23.7 Å². The minimum absolute atomic E-state index is 0.779. The number of aromatic nitrogens is 1. The van der Waals surface area contributed by atoms with Gasteiger partial charge in [0.2, 0.25) is 0 Å². The first-order valence-electron chi connectivity index (χ1n) is 4.88. The highest BCUT2D eigenvalue weighted by Gasteiger charge is 2.10. The third kappa shape index (κ3) is 1.87. The predicted molar refractivity (Wildman–Crippen MR) is 59.2 cm³/mol. The summed E-state index contributed by atoms with van der Waals surface area (Å²) in [5, 5.41) is 0. The third-order valence-corrected chi connectivity index (χ3v) is 2.53. The zero-order chi connectivity index (χ0) is 9.97. The molecule has 0 amide bonds. The average molecular weight is 189 g/mol. The SMILES string of the molecule is CC1=CCN(c2cc(N)ccn2)CC1. The van der Waals surface area contributed by atoms with Crippen molar-refractivity contribution in [3.63, 3.8) is 0 Å². The molecule has 1 aliphatic rings. The lowest BCUT2D eigenvalue weighted by Crippen LogP contribution is -2.28. The van der Waals surface area contributed by atoms with E-state index in [2.05, 4.69) is 22.9 Å². The Kier molecular flexibility index (Phi) is 2.39. The highest BCUT2D eigenvalue weighted by Crippen LogP contribution is 2.18. The van der Waals surface area contributed by atoms with Crippen molar-refractivity contribution < 1.29 is 0 Å². The fourth-order valence-electron chi connectivity index (χ4n) is 1.59. The Morgan fingerprint density at radius 2 is 2.36 bits per heavy atom. The standard InChI is InChI=1S/C11H15N3/c1-9-3-6-14(7-4-9)11-8-10(12)2-5-13-11/h2-3,5,8H,4,6-7H2,1H3,(H2,12,13). The molecule has 1 aromatic rings. The summed E-state index contributed by atoms with van der Waals surface area (Å²) in [5.41, 5.74) is 7.95. The molecule has 0 aliphatic carbocycles. The van der Waals surface area contributed by atoms with Gasteiger partial charge in [0.25, 0.3) is 0 Å². The van der Waals surface area contributed by atoms with Crippen LogP contribution in [0, 0.1) is 0 Å². The number of rotatable bonds is 1. The first-order chi connectivity index (χ1) is 6.75. The van der Waals surface area contributed by atoms with Crippen LogP contribution in [0.5, 0.6) is 0 Å². The molecule has 1 aromatic heterocycles. The number of nitrogens with two attached hydrogens (primary N) is 1. The van der Waals surface area contributed by atoms with E-state index >= 15 is 0 Å². The highest BCUT2D eigenvalue weighted by atomic mass is 15.2. The van der Waals surface area contributed by atoms with Crippen LogP contribution in [0.1, 0.15) is 13.3 Å². The van der Waals surface area contributed by atoms with Gasteiger partial charge in [-0.3, -0.25) is 0 Å². The molecule has 74 valence electrons. The smallest absolute Gasteiger partial charge is 0.130 e. The van der Waals surface area contributed by atoms with Crippen molar-refractivity contribution in [1.29, 1.82) is 0 Å². The molecule has 2 N–H and O–H groups in total. The molecule has 0 unspecified atom stereocenters. The van der Waals surface area contributed by atoms with Crippen molar-refractivity contribution in [3.05, 3.63) is 30.0 Å². The first-order valence-corrected chi connectivity index (χ1v) is 4.88. The maximum absolute atomic E-state index is 5.71. The van der Waals surface area contributed by atoms with Crippen LogP contribution in [0.3, 0.4) is 0 Å². The molecular formula is C11H15N3. The monoisotopic (exact) mass is 189 g/mol. The normalized spacial score (nSPS) is 16.6. The average Bonchev–Trinajstić information content (AvgIpc) is 2.19. The van der Waals surface area contributed by atoms with Gasteiger partial charge in [-0.05, 0) is 19.4 Å². The van der Waals surface area contributed by atoms with Gasteiger partial charge in [0.05, 0.1) is 0 Å². The van der Waals surface area contributed by atoms with Crippen LogP contribution in [0.4, 0.5) is 11.5 Å². The van der Waals surface area contributed by atoms with Crippen molar-refractivity contribution in [1.82, 2.24) is 4.98 Å². The molecule has 0 bridgehead atoms. The largest absolute Gasteiger partial charge is 0.399 e. The summed E-state index contributed by atoms with van der Waals surface area (Å²) in [6.07, 6.45) is 5.13. The minimum Gasteiger partial charge on any atom is -0.399 e. The molecule has 3 nitrogen and oxygen atoms in total. The van der Waals surface area contributed by atoms with Gasteiger partial charge >= 0.3 is 0 Å². The molecule has 0 radical (unpaired) electrons. The Morgan fingerprint density at radius 1 is 1.50 bits per heavy atom. The summed E-state index contributed by atoms with van der Waals surface area (Å²) >= 11 is 0. The molecule has 1 aliphatic heterocycles. The molecular weight excluding hydrogens is 174 g/mol. The summed E-state index contributed by atoms with van der Waals surface area (Å²) in [5.74, 6) is 0.980. The van der Waals surface area contributed by atoms with E-state index in [1.165, 1.54) is 5.57 Å². The summed E-state index contributed by atoms with van der Waals surface area (Å²) < 4.78 is 0. The zero-order valence-corrected chi connectivity index (χ0v) is 8.40. The van der Waals surface area contributed by atoms with E-state index in [0.29, 0.717) is 0 Å². The number of hydrogen-bond acceptors (Lipinski definition) is 3. The van der Waals surface area contributed by atoms with E-state index in [1.54, 1.807) is 6.20 Å². The number of nitrogen functional groups attached to an aromatic ring is 1. The fourth-order valence-corrected chi connectivity index (χ4v) is 1.59. The van der Waals surface area contributed by atoms with E-state index in [4.69, 9.17) is 5.73 Å². The fraction of sp³-hybridized carbons (Fsp3) is 0.364. The summed E-state index contributed by atoms with van der Waals surface area (Å²) in [4.78, 5) is 6.54. The number of nitrogens with zero attached hydrogens (tertiary/aromatic N) is 2. The van der Waals surface area contributed by atoms with Gasteiger partial charge in [-0.1, -0.05) is 11.6 Å². The van der Waals surface area contributed by atoms with Gasteiger partial charge in [-0.15, -0.1) is 0 Å².